The fourth-order valence-corrected chi connectivity index (χ4v) is 2.79. The quantitative estimate of drug-likeness (QED) is 0.814. The summed E-state index contributed by atoms with van der Waals surface area (Å²) in [6.45, 7) is 4.57. The molecule has 0 amide bonds. The summed E-state index contributed by atoms with van der Waals surface area (Å²) in [6.07, 6.45) is 2.43. The van der Waals surface area contributed by atoms with Crippen LogP contribution in [0.1, 0.15) is 11.1 Å². The molecule has 1 aliphatic rings. The summed E-state index contributed by atoms with van der Waals surface area (Å²) in [5.74, 6) is -0.374. The molecule has 4 heteroatoms. The van der Waals surface area contributed by atoms with Crippen molar-refractivity contribution in [1.82, 2.24) is 4.90 Å². The number of likely N-dealkylation sites (N-methyl/N-ethyl adjacent to an activating group) is 2. The van der Waals surface area contributed by atoms with Crippen LogP contribution in [0.25, 0.3) is 6.08 Å². The Hall–Kier alpha value is -1.06. The van der Waals surface area contributed by atoms with Crippen molar-refractivity contribution in [3.8, 4) is 0 Å². The third-order valence-corrected chi connectivity index (χ3v) is 3.84. The summed E-state index contributed by atoms with van der Waals surface area (Å²) in [6, 6.07) is 2.16. The standard InChI is InChI=1S/C14H18ClFN2/c1-5-11-13(16)12(15)7-9-6-10(17(2)3)8-18(4)14(9)11/h5,7,10H,1,6,8H2,2-4H3. The summed E-state index contributed by atoms with van der Waals surface area (Å²) < 4.78 is 14.0. The van der Waals surface area contributed by atoms with Gasteiger partial charge in [0, 0.05) is 25.2 Å². The molecular formula is C14H18ClFN2. The number of hydrogen-bond acceptors (Lipinski definition) is 2. The third-order valence-electron chi connectivity index (χ3n) is 3.56. The predicted molar refractivity (Wildman–Crippen MR) is 76.0 cm³/mol. The van der Waals surface area contributed by atoms with Crippen LogP contribution in [0.2, 0.25) is 5.02 Å². The molecule has 2 rings (SSSR count). The molecule has 2 nitrogen and oxygen atoms in total. The summed E-state index contributed by atoms with van der Waals surface area (Å²) in [5.41, 5.74) is 2.52. The minimum atomic E-state index is -0.374. The zero-order valence-corrected chi connectivity index (χ0v) is 11.8. The Morgan fingerprint density at radius 3 is 2.78 bits per heavy atom. The number of fused-ring (bicyclic) bond motifs is 1. The Morgan fingerprint density at radius 1 is 1.56 bits per heavy atom. The molecular weight excluding hydrogens is 251 g/mol. The third kappa shape index (κ3) is 2.13. The molecule has 0 saturated heterocycles. The van der Waals surface area contributed by atoms with Crippen LogP contribution in [0.4, 0.5) is 10.1 Å². The average Bonchev–Trinajstić information content (AvgIpc) is 2.31. The van der Waals surface area contributed by atoms with Crippen LogP contribution in [0.15, 0.2) is 12.6 Å². The highest BCUT2D eigenvalue weighted by Crippen LogP contribution is 2.36. The predicted octanol–water partition coefficient (Wildman–Crippen LogP) is 3.04. The number of hydrogen-bond donors (Lipinski definition) is 0. The zero-order valence-electron chi connectivity index (χ0n) is 11.0. The van der Waals surface area contributed by atoms with Crippen molar-refractivity contribution in [3.63, 3.8) is 0 Å². The monoisotopic (exact) mass is 268 g/mol. The maximum absolute atomic E-state index is 14.0. The van der Waals surface area contributed by atoms with Crippen molar-refractivity contribution in [2.24, 2.45) is 0 Å². The van der Waals surface area contributed by atoms with Gasteiger partial charge in [-0.15, -0.1) is 0 Å². The van der Waals surface area contributed by atoms with E-state index in [0.717, 1.165) is 24.2 Å². The van der Waals surface area contributed by atoms with Crippen molar-refractivity contribution < 1.29 is 4.39 Å². The van der Waals surface area contributed by atoms with Gasteiger partial charge in [0.15, 0.2) is 5.82 Å². The van der Waals surface area contributed by atoms with E-state index in [9.17, 15) is 4.39 Å². The van der Waals surface area contributed by atoms with Crippen molar-refractivity contribution in [1.29, 1.82) is 0 Å². The van der Waals surface area contributed by atoms with Gasteiger partial charge < -0.3 is 9.80 Å². The molecule has 0 aromatic heterocycles. The number of rotatable bonds is 2. The van der Waals surface area contributed by atoms with Crippen molar-refractivity contribution in [3.05, 3.63) is 34.6 Å². The first kappa shape index (κ1) is 13.4. The fraction of sp³-hybridized carbons (Fsp3) is 0.429. The molecule has 1 aromatic rings. The number of benzene rings is 1. The highest BCUT2D eigenvalue weighted by molar-refractivity contribution is 6.31. The molecule has 0 spiro atoms. The SMILES string of the molecule is C=Cc1c(F)c(Cl)cc2c1N(C)CC(N(C)C)C2. The topological polar surface area (TPSA) is 6.48 Å². The summed E-state index contributed by atoms with van der Waals surface area (Å²) in [5, 5.41) is 0.177. The van der Waals surface area contributed by atoms with Crippen molar-refractivity contribution in [2.75, 3.05) is 32.6 Å². The van der Waals surface area contributed by atoms with Crippen LogP contribution in [-0.4, -0.2) is 38.6 Å². The van der Waals surface area contributed by atoms with Gasteiger partial charge >= 0.3 is 0 Å². The fourth-order valence-electron chi connectivity index (χ4n) is 2.55. The van der Waals surface area contributed by atoms with Gasteiger partial charge in [0.2, 0.25) is 0 Å². The highest BCUT2D eigenvalue weighted by atomic mass is 35.5. The van der Waals surface area contributed by atoms with Crippen molar-refractivity contribution >= 4 is 23.4 Å². The van der Waals surface area contributed by atoms with Gasteiger partial charge in [0.1, 0.15) is 0 Å². The molecule has 0 saturated carbocycles. The van der Waals surface area contributed by atoms with Gasteiger partial charge in [-0.3, -0.25) is 0 Å². The lowest BCUT2D eigenvalue weighted by Crippen LogP contribution is -2.44. The van der Waals surface area contributed by atoms with Crippen LogP contribution in [0, 0.1) is 5.82 Å². The maximum atomic E-state index is 14.0. The van der Waals surface area contributed by atoms with E-state index in [2.05, 4.69) is 30.5 Å². The lowest BCUT2D eigenvalue weighted by atomic mass is 9.94. The molecule has 0 bridgehead atoms. The van der Waals surface area contributed by atoms with Gasteiger partial charge in [0.05, 0.1) is 10.7 Å². The minimum absolute atomic E-state index is 0.177. The van der Waals surface area contributed by atoms with Crippen LogP contribution < -0.4 is 4.90 Å². The van der Waals surface area contributed by atoms with E-state index >= 15 is 0 Å². The maximum Gasteiger partial charge on any atom is 0.151 e. The van der Waals surface area contributed by atoms with Gasteiger partial charge in [-0.2, -0.15) is 0 Å². The molecule has 18 heavy (non-hydrogen) atoms. The van der Waals surface area contributed by atoms with E-state index in [-0.39, 0.29) is 10.8 Å². The van der Waals surface area contributed by atoms with E-state index in [1.165, 1.54) is 0 Å². The van der Waals surface area contributed by atoms with E-state index in [1.807, 2.05) is 7.05 Å². The van der Waals surface area contributed by atoms with E-state index < -0.39 is 0 Å². The first-order valence-electron chi connectivity index (χ1n) is 5.96. The molecule has 1 aromatic carbocycles. The Morgan fingerprint density at radius 2 is 2.22 bits per heavy atom. The summed E-state index contributed by atoms with van der Waals surface area (Å²) >= 11 is 5.95. The molecule has 1 unspecified atom stereocenters. The second-order valence-corrected chi connectivity index (χ2v) is 5.41. The molecule has 0 aliphatic carbocycles. The molecule has 98 valence electrons. The Balaban J connectivity index is 2.55. The van der Waals surface area contributed by atoms with Gasteiger partial charge in [0.25, 0.3) is 0 Å². The van der Waals surface area contributed by atoms with Crippen LogP contribution in [0.3, 0.4) is 0 Å². The summed E-state index contributed by atoms with van der Waals surface area (Å²) in [4.78, 5) is 4.27. The lowest BCUT2D eigenvalue weighted by Gasteiger charge is -2.38. The van der Waals surface area contributed by atoms with Crippen molar-refractivity contribution in [2.45, 2.75) is 12.5 Å². The number of nitrogens with zero attached hydrogens (tertiary/aromatic N) is 2. The zero-order chi connectivity index (χ0) is 13.4. The molecule has 1 aliphatic heterocycles. The largest absolute Gasteiger partial charge is 0.372 e. The Labute approximate surface area is 113 Å². The summed E-state index contributed by atoms with van der Waals surface area (Å²) in [7, 11) is 6.10. The van der Waals surface area contributed by atoms with Crippen LogP contribution in [0.5, 0.6) is 0 Å². The minimum Gasteiger partial charge on any atom is -0.372 e. The molecule has 1 heterocycles. The van der Waals surface area contributed by atoms with Gasteiger partial charge in [-0.05, 0) is 32.1 Å². The van der Waals surface area contributed by atoms with Gasteiger partial charge in [-0.1, -0.05) is 24.3 Å². The number of halogens is 2. The average molecular weight is 269 g/mol. The van der Waals surface area contributed by atoms with Crippen LogP contribution >= 0.6 is 11.6 Å². The smallest absolute Gasteiger partial charge is 0.151 e. The molecule has 0 N–H and O–H groups in total. The second-order valence-electron chi connectivity index (χ2n) is 5.00. The molecule has 0 radical (unpaired) electrons. The molecule has 0 fully saturated rings. The van der Waals surface area contributed by atoms with E-state index in [4.69, 9.17) is 11.6 Å². The first-order chi connectivity index (χ1) is 8.45. The normalized spacial score (nSPS) is 19.0. The molecule has 1 atom stereocenters. The van der Waals surface area contributed by atoms with E-state index in [0.29, 0.717) is 11.6 Å². The second kappa shape index (κ2) is 4.90. The Bertz CT molecular complexity index is 485. The lowest BCUT2D eigenvalue weighted by molar-refractivity contribution is 0.289. The Kier molecular flexibility index (Phi) is 3.64. The van der Waals surface area contributed by atoms with Crippen LogP contribution in [-0.2, 0) is 6.42 Å². The highest BCUT2D eigenvalue weighted by Gasteiger charge is 2.27. The van der Waals surface area contributed by atoms with Gasteiger partial charge in [-0.25, -0.2) is 4.39 Å². The first-order valence-corrected chi connectivity index (χ1v) is 6.34. The van der Waals surface area contributed by atoms with E-state index in [1.54, 1.807) is 12.1 Å². The number of anilines is 1.